The highest BCUT2D eigenvalue weighted by Crippen LogP contribution is 2.50. The van der Waals surface area contributed by atoms with Gasteiger partial charge in [0.1, 0.15) is 5.15 Å². The maximum atomic E-state index is 12.9. The molecule has 9 heteroatoms. The lowest BCUT2D eigenvalue weighted by atomic mass is 9.90. The minimum Gasteiger partial charge on any atom is -0.369 e. The third-order valence-corrected chi connectivity index (χ3v) is 3.38. The van der Waals surface area contributed by atoms with Crippen LogP contribution in [0.4, 0.5) is 26.3 Å². The van der Waals surface area contributed by atoms with Crippen molar-refractivity contribution in [3.8, 4) is 11.1 Å². The molecule has 1 aromatic carbocycles. The minimum absolute atomic E-state index is 0.0659. The van der Waals surface area contributed by atoms with Crippen molar-refractivity contribution in [2.45, 2.75) is 18.0 Å². The van der Waals surface area contributed by atoms with Crippen LogP contribution in [0.15, 0.2) is 36.5 Å². The molecule has 0 aliphatic heterocycles. The Balaban J connectivity index is 2.65. The number of alkyl halides is 6. The smallest absolute Gasteiger partial charge is 0.369 e. The van der Waals surface area contributed by atoms with Crippen LogP contribution >= 0.6 is 11.6 Å². The van der Waals surface area contributed by atoms with Crippen LogP contribution in [0.5, 0.6) is 0 Å². The van der Waals surface area contributed by atoms with Gasteiger partial charge in [-0.15, -0.1) is 0 Å². The molecule has 1 aromatic heterocycles. The van der Waals surface area contributed by atoms with Crippen molar-refractivity contribution in [3.63, 3.8) is 0 Å². The van der Waals surface area contributed by atoms with E-state index in [-0.39, 0.29) is 16.3 Å². The van der Waals surface area contributed by atoms with E-state index in [9.17, 15) is 31.4 Å². The van der Waals surface area contributed by atoms with Crippen LogP contribution in [0.25, 0.3) is 11.1 Å². The lowest BCUT2D eigenvalue weighted by Crippen LogP contribution is -2.54. The summed E-state index contributed by atoms with van der Waals surface area (Å²) >= 11 is 5.78. The fourth-order valence-electron chi connectivity index (χ4n) is 1.91. The van der Waals surface area contributed by atoms with Crippen molar-refractivity contribution in [1.29, 1.82) is 0 Å². The number of aromatic nitrogens is 1. The van der Waals surface area contributed by atoms with E-state index in [2.05, 4.69) is 4.98 Å². The van der Waals surface area contributed by atoms with Crippen molar-refractivity contribution in [3.05, 3.63) is 53.3 Å². The Morgan fingerprint density at radius 1 is 1.04 bits per heavy atom. The summed E-state index contributed by atoms with van der Waals surface area (Å²) in [5.74, 6) is 0. The Kier molecular flexibility index (Phi) is 4.34. The van der Waals surface area contributed by atoms with Gasteiger partial charge in [-0.1, -0.05) is 23.7 Å². The zero-order chi connectivity index (χ0) is 17.5. The molecule has 1 heterocycles. The summed E-state index contributed by atoms with van der Waals surface area (Å²) in [7, 11) is 0. The molecule has 0 aliphatic carbocycles. The molecule has 0 unspecified atom stereocenters. The van der Waals surface area contributed by atoms with Crippen LogP contribution in [-0.4, -0.2) is 22.4 Å². The van der Waals surface area contributed by atoms with Crippen molar-refractivity contribution < 1.29 is 31.4 Å². The molecule has 2 nitrogen and oxygen atoms in total. The number of hydrogen-bond acceptors (Lipinski definition) is 2. The molecule has 0 spiro atoms. The van der Waals surface area contributed by atoms with Crippen LogP contribution in [0, 0.1) is 6.07 Å². The van der Waals surface area contributed by atoms with Crippen molar-refractivity contribution in [2.75, 3.05) is 0 Å². The first kappa shape index (κ1) is 17.6. The molecular weight excluding hydrogens is 348 g/mol. The molecule has 0 fully saturated rings. The topological polar surface area (TPSA) is 33.1 Å². The van der Waals surface area contributed by atoms with Gasteiger partial charge in [0, 0.05) is 17.3 Å². The van der Waals surface area contributed by atoms with Crippen LogP contribution in [-0.2, 0) is 5.60 Å². The third kappa shape index (κ3) is 3.00. The lowest BCUT2D eigenvalue weighted by Gasteiger charge is -2.32. The van der Waals surface area contributed by atoms with E-state index in [0.29, 0.717) is 6.07 Å². The number of benzene rings is 1. The Morgan fingerprint density at radius 2 is 1.65 bits per heavy atom. The van der Waals surface area contributed by atoms with Gasteiger partial charge in [-0.05, 0) is 29.8 Å². The highest BCUT2D eigenvalue weighted by molar-refractivity contribution is 6.32. The summed E-state index contributed by atoms with van der Waals surface area (Å²) < 4.78 is 77.2. The number of pyridine rings is 1. The fourth-order valence-corrected chi connectivity index (χ4v) is 2.14. The van der Waals surface area contributed by atoms with Crippen LogP contribution in [0.2, 0.25) is 5.15 Å². The average molecular weight is 355 g/mol. The first-order valence-electron chi connectivity index (χ1n) is 5.97. The average Bonchev–Trinajstić information content (AvgIpc) is 2.44. The van der Waals surface area contributed by atoms with Gasteiger partial charge in [-0.25, -0.2) is 4.98 Å². The number of halogens is 7. The number of rotatable bonds is 2. The first-order chi connectivity index (χ1) is 10.5. The summed E-state index contributed by atoms with van der Waals surface area (Å²) in [5.41, 5.74) is -6.46. The van der Waals surface area contributed by atoms with Crippen molar-refractivity contribution in [2.24, 2.45) is 0 Å². The molecule has 2 aromatic rings. The standard InChI is InChI=1S/C14H7ClF6NO/c15-11-10(5-2-6-22-11)8-3-1-4-9(7-8)12(23,13(16,17)18)14(19,20)21/h1-3,5-7,23H. The highest BCUT2D eigenvalue weighted by Gasteiger charge is 2.71. The maximum Gasteiger partial charge on any atom is 0.430 e. The molecule has 123 valence electrons. The Morgan fingerprint density at radius 3 is 2.17 bits per heavy atom. The van der Waals surface area contributed by atoms with Gasteiger partial charge in [0.25, 0.3) is 5.60 Å². The second-order valence-electron chi connectivity index (χ2n) is 4.54. The first-order valence-corrected chi connectivity index (χ1v) is 6.35. The SMILES string of the molecule is OC(c1[c]ccc(-c2cccnc2Cl)c1)(C(F)(F)F)C(F)(F)F. The molecule has 0 aliphatic rings. The third-order valence-electron chi connectivity index (χ3n) is 3.08. The van der Waals surface area contributed by atoms with Gasteiger partial charge in [0.2, 0.25) is 0 Å². The molecule has 0 bridgehead atoms. The predicted molar refractivity (Wildman–Crippen MR) is 69.5 cm³/mol. The molecule has 2 rings (SSSR count). The van der Waals surface area contributed by atoms with E-state index in [1.165, 1.54) is 24.4 Å². The summed E-state index contributed by atoms with van der Waals surface area (Å²) in [4.78, 5) is 3.69. The van der Waals surface area contributed by atoms with E-state index in [1.54, 1.807) is 6.07 Å². The largest absolute Gasteiger partial charge is 0.430 e. The van der Waals surface area contributed by atoms with E-state index < -0.39 is 23.5 Å². The van der Waals surface area contributed by atoms with Crippen molar-refractivity contribution >= 4 is 11.6 Å². The Bertz CT molecular complexity index is 699. The lowest BCUT2D eigenvalue weighted by molar-refractivity contribution is -0.376. The molecule has 0 amide bonds. The highest BCUT2D eigenvalue weighted by atomic mass is 35.5. The molecule has 1 radical (unpaired) electrons. The molecule has 0 atom stereocenters. The second kappa shape index (κ2) is 5.68. The monoisotopic (exact) mass is 354 g/mol. The Labute approximate surface area is 131 Å². The van der Waals surface area contributed by atoms with Gasteiger partial charge in [-0.3, -0.25) is 0 Å². The number of nitrogens with zero attached hydrogens (tertiary/aromatic N) is 1. The molecular formula is C14H7ClF6NO. The maximum absolute atomic E-state index is 12.9. The van der Waals surface area contributed by atoms with E-state index >= 15 is 0 Å². The molecule has 0 saturated carbocycles. The Hall–Kier alpha value is -1.80. The normalized spacial score (nSPS) is 13.2. The quantitative estimate of drug-likeness (QED) is 0.635. The molecule has 0 saturated heterocycles. The summed E-state index contributed by atoms with van der Waals surface area (Å²) in [5, 5.41) is 9.26. The van der Waals surface area contributed by atoms with Gasteiger partial charge in [-0.2, -0.15) is 26.3 Å². The van der Waals surface area contributed by atoms with E-state index in [0.717, 1.165) is 6.07 Å². The van der Waals surface area contributed by atoms with Crippen LogP contribution in [0.1, 0.15) is 5.56 Å². The molecule has 1 N–H and O–H groups in total. The van der Waals surface area contributed by atoms with Gasteiger partial charge in [0.15, 0.2) is 0 Å². The van der Waals surface area contributed by atoms with Crippen LogP contribution < -0.4 is 0 Å². The predicted octanol–water partition coefficient (Wildman–Crippen LogP) is 4.51. The number of hydrogen-bond donors (Lipinski definition) is 1. The van der Waals surface area contributed by atoms with E-state index in [1.807, 2.05) is 0 Å². The zero-order valence-electron chi connectivity index (χ0n) is 11.0. The van der Waals surface area contributed by atoms with Gasteiger partial charge >= 0.3 is 12.4 Å². The fraction of sp³-hybridized carbons (Fsp3) is 0.214. The summed E-state index contributed by atoms with van der Waals surface area (Å²) in [6, 6.07) is 7.17. The minimum atomic E-state index is -5.97. The van der Waals surface area contributed by atoms with Crippen LogP contribution in [0.3, 0.4) is 0 Å². The van der Waals surface area contributed by atoms with Gasteiger partial charge in [0.05, 0.1) is 0 Å². The number of aliphatic hydroxyl groups is 1. The summed E-state index contributed by atoms with van der Waals surface area (Å²) in [6.07, 6.45) is -10.6. The summed E-state index contributed by atoms with van der Waals surface area (Å²) in [6.45, 7) is 0. The van der Waals surface area contributed by atoms with E-state index in [4.69, 9.17) is 11.6 Å². The zero-order valence-corrected chi connectivity index (χ0v) is 11.8. The molecule has 23 heavy (non-hydrogen) atoms. The second-order valence-corrected chi connectivity index (χ2v) is 4.90. The van der Waals surface area contributed by atoms with Crippen molar-refractivity contribution in [1.82, 2.24) is 4.98 Å². The van der Waals surface area contributed by atoms with Gasteiger partial charge < -0.3 is 5.11 Å².